The highest BCUT2D eigenvalue weighted by molar-refractivity contribution is 6.31. The number of rotatable bonds is 2. The molecule has 0 heterocycles. The molecule has 0 fully saturated rings. The Kier molecular flexibility index (Phi) is 4.21. The zero-order chi connectivity index (χ0) is 15.6. The number of hydrogen-bond acceptors (Lipinski definition) is 4. The minimum absolute atomic E-state index is 0.128. The van der Waals surface area contributed by atoms with Crippen LogP contribution in [-0.2, 0) is 25.5 Å². The number of carbonyl (C=O) groups excluding carboxylic acids is 2. The summed E-state index contributed by atoms with van der Waals surface area (Å²) in [6.45, 7) is 3.64. The fourth-order valence-electron chi connectivity index (χ4n) is 2.70. The average Bonchev–Trinajstić information content (AvgIpc) is 2.52. The molecule has 0 N–H and O–H groups in total. The Labute approximate surface area is 128 Å². The predicted octanol–water partition coefficient (Wildman–Crippen LogP) is 2.79. The maximum atomic E-state index is 12.2. The molecule has 0 amide bonds. The van der Waals surface area contributed by atoms with Gasteiger partial charge in [-0.1, -0.05) is 30.3 Å². The van der Waals surface area contributed by atoms with Gasteiger partial charge in [0.25, 0.3) is 0 Å². The van der Waals surface area contributed by atoms with Gasteiger partial charge in [0, 0.05) is 23.4 Å². The largest absolute Gasteiger partial charge is 0.468 e. The average molecular weight is 307 g/mol. The highest BCUT2D eigenvalue weighted by Crippen LogP contribution is 2.45. The highest BCUT2D eigenvalue weighted by atomic mass is 35.5. The Hall–Kier alpha value is -2.03. The second kappa shape index (κ2) is 5.76. The molecule has 1 aliphatic rings. The molecule has 0 unspecified atom stereocenters. The molecule has 1 aromatic carbocycles. The third-order valence-electron chi connectivity index (χ3n) is 3.77. The maximum absolute atomic E-state index is 12.2. The second-order valence-corrected chi connectivity index (χ2v) is 5.25. The summed E-state index contributed by atoms with van der Waals surface area (Å²) in [7, 11) is 2.48. The monoisotopic (exact) mass is 306 g/mol. The molecule has 0 radical (unpaired) electrons. The molecule has 21 heavy (non-hydrogen) atoms. The van der Waals surface area contributed by atoms with Crippen LogP contribution in [0.3, 0.4) is 0 Å². The lowest BCUT2D eigenvalue weighted by Gasteiger charge is -2.34. The van der Waals surface area contributed by atoms with Crippen LogP contribution in [0.1, 0.15) is 17.5 Å². The van der Waals surface area contributed by atoms with Gasteiger partial charge in [0.1, 0.15) is 0 Å². The number of benzene rings is 1. The molecule has 4 nitrogen and oxygen atoms in total. The summed E-state index contributed by atoms with van der Waals surface area (Å²) < 4.78 is 9.64. The second-order valence-electron chi connectivity index (χ2n) is 4.84. The lowest BCUT2D eigenvalue weighted by Crippen LogP contribution is -2.45. The number of hydrogen-bond donors (Lipinski definition) is 0. The van der Waals surface area contributed by atoms with E-state index >= 15 is 0 Å². The van der Waals surface area contributed by atoms with Crippen molar-refractivity contribution in [1.82, 2.24) is 0 Å². The highest BCUT2D eigenvalue weighted by Gasteiger charge is 2.52. The molecule has 2 rings (SSSR count). The van der Waals surface area contributed by atoms with Gasteiger partial charge in [0.15, 0.2) is 5.41 Å². The van der Waals surface area contributed by atoms with Crippen molar-refractivity contribution in [3.63, 3.8) is 0 Å². The van der Waals surface area contributed by atoms with Gasteiger partial charge in [0.05, 0.1) is 14.2 Å². The first kappa shape index (κ1) is 15.4. The van der Waals surface area contributed by atoms with E-state index in [9.17, 15) is 9.59 Å². The van der Waals surface area contributed by atoms with Crippen LogP contribution in [0.15, 0.2) is 30.5 Å². The first-order chi connectivity index (χ1) is 10.00. The van der Waals surface area contributed by atoms with Gasteiger partial charge in [-0.2, -0.15) is 0 Å². The number of allylic oxidation sites excluding steroid dienone is 1. The summed E-state index contributed by atoms with van der Waals surface area (Å²) in [5, 5.41) is 0.483. The molecule has 0 saturated carbocycles. The molecule has 0 spiro atoms. The Bertz CT molecular complexity index is 640. The smallest absolute Gasteiger partial charge is 0.323 e. The van der Waals surface area contributed by atoms with E-state index in [-0.39, 0.29) is 12.8 Å². The van der Waals surface area contributed by atoms with Crippen LogP contribution in [0.25, 0.3) is 5.57 Å². The van der Waals surface area contributed by atoms with Crippen LogP contribution >= 0.6 is 11.6 Å². The maximum Gasteiger partial charge on any atom is 0.323 e. The van der Waals surface area contributed by atoms with Gasteiger partial charge in [-0.15, -0.1) is 5.73 Å². The quantitative estimate of drug-likeness (QED) is 0.479. The molecule has 1 aliphatic carbocycles. The van der Waals surface area contributed by atoms with Crippen molar-refractivity contribution in [2.45, 2.75) is 12.8 Å². The SMILES string of the molecule is C=C=C1CC(C(=O)OC)(C(=O)OC)Cc2c(Cl)cccc21. The normalized spacial score (nSPS) is 15.7. The van der Waals surface area contributed by atoms with Crippen molar-refractivity contribution in [2.75, 3.05) is 14.2 Å². The summed E-state index contributed by atoms with van der Waals surface area (Å²) >= 11 is 6.22. The van der Waals surface area contributed by atoms with Gasteiger partial charge in [-0.25, -0.2) is 0 Å². The zero-order valence-electron chi connectivity index (χ0n) is 11.9. The van der Waals surface area contributed by atoms with E-state index in [4.69, 9.17) is 21.1 Å². The van der Waals surface area contributed by atoms with E-state index in [2.05, 4.69) is 12.3 Å². The van der Waals surface area contributed by atoms with Crippen molar-refractivity contribution in [1.29, 1.82) is 0 Å². The third kappa shape index (κ3) is 2.37. The van der Waals surface area contributed by atoms with E-state index in [0.717, 1.165) is 5.56 Å². The number of ether oxygens (including phenoxy) is 2. The molecule has 110 valence electrons. The van der Waals surface area contributed by atoms with E-state index in [1.54, 1.807) is 6.07 Å². The fourth-order valence-corrected chi connectivity index (χ4v) is 2.94. The third-order valence-corrected chi connectivity index (χ3v) is 4.12. The molecule has 0 atom stereocenters. The van der Waals surface area contributed by atoms with Crippen molar-refractivity contribution in [2.24, 2.45) is 5.41 Å². The zero-order valence-corrected chi connectivity index (χ0v) is 12.6. The number of esters is 2. The van der Waals surface area contributed by atoms with Gasteiger partial charge < -0.3 is 9.47 Å². The van der Waals surface area contributed by atoms with Gasteiger partial charge in [-0.05, 0) is 17.2 Å². The molecule has 0 bridgehead atoms. The van der Waals surface area contributed by atoms with Gasteiger partial charge in [0.2, 0.25) is 0 Å². The van der Waals surface area contributed by atoms with E-state index in [1.165, 1.54) is 14.2 Å². The number of carbonyl (C=O) groups is 2. The summed E-state index contributed by atoms with van der Waals surface area (Å²) in [5.41, 5.74) is 3.55. The van der Waals surface area contributed by atoms with Crippen LogP contribution in [0, 0.1) is 5.41 Å². The Morgan fingerprint density at radius 2 is 1.86 bits per heavy atom. The van der Waals surface area contributed by atoms with Crippen LogP contribution in [0.2, 0.25) is 5.02 Å². The summed E-state index contributed by atoms with van der Waals surface area (Å²) in [6, 6.07) is 5.39. The molecular weight excluding hydrogens is 292 g/mol. The minimum Gasteiger partial charge on any atom is -0.468 e. The van der Waals surface area contributed by atoms with Gasteiger partial charge in [-0.3, -0.25) is 9.59 Å². The molecule has 1 aromatic rings. The first-order valence-electron chi connectivity index (χ1n) is 6.33. The summed E-state index contributed by atoms with van der Waals surface area (Å²) in [4.78, 5) is 24.5. The molecular formula is C16H15ClO4. The van der Waals surface area contributed by atoms with E-state index in [0.29, 0.717) is 16.2 Å². The topological polar surface area (TPSA) is 52.6 Å². The summed E-state index contributed by atoms with van der Waals surface area (Å²) in [6.07, 6.45) is 0.260. The Morgan fingerprint density at radius 3 is 2.38 bits per heavy atom. The number of fused-ring (bicyclic) bond motifs is 1. The molecule has 5 heteroatoms. The number of halogens is 1. The lowest BCUT2D eigenvalue weighted by molar-refractivity contribution is -0.169. The standard InChI is InChI=1S/C16H15ClO4/c1-4-10-8-16(14(18)20-2,15(19)21-3)9-12-11(10)6-5-7-13(12)17/h5-7H,1,8-9H2,2-3H3. The van der Waals surface area contributed by atoms with Gasteiger partial charge >= 0.3 is 11.9 Å². The Balaban J connectivity index is 2.68. The predicted molar refractivity (Wildman–Crippen MR) is 78.8 cm³/mol. The molecule has 0 aromatic heterocycles. The van der Waals surface area contributed by atoms with E-state index in [1.807, 2.05) is 12.1 Å². The number of methoxy groups -OCH3 is 2. The first-order valence-corrected chi connectivity index (χ1v) is 6.71. The van der Waals surface area contributed by atoms with Crippen LogP contribution in [0.5, 0.6) is 0 Å². The fraction of sp³-hybridized carbons (Fsp3) is 0.312. The van der Waals surface area contributed by atoms with Crippen molar-refractivity contribution in [3.05, 3.63) is 46.7 Å². The van der Waals surface area contributed by atoms with E-state index < -0.39 is 17.4 Å². The van der Waals surface area contributed by atoms with Crippen LogP contribution in [0.4, 0.5) is 0 Å². The molecule has 0 aliphatic heterocycles. The summed E-state index contributed by atoms with van der Waals surface area (Å²) in [5.74, 6) is -1.29. The van der Waals surface area contributed by atoms with Crippen molar-refractivity contribution >= 4 is 29.1 Å². The van der Waals surface area contributed by atoms with Crippen LogP contribution < -0.4 is 0 Å². The Morgan fingerprint density at radius 1 is 1.24 bits per heavy atom. The van der Waals surface area contributed by atoms with Crippen molar-refractivity contribution in [3.8, 4) is 0 Å². The molecule has 0 saturated heterocycles. The van der Waals surface area contributed by atoms with Crippen LogP contribution in [-0.4, -0.2) is 26.2 Å². The minimum atomic E-state index is -1.44. The van der Waals surface area contributed by atoms with Crippen molar-refractivity contribution < 1.29 is 19.1 Å². The lowest BCUT2D eigenvalue weighted by atomic mass is 9.69.